The zero-order valence-electron chi connectivity index (χ0n) is 16.7. The summed E-state index contributed by atoms with van der Waals surface area (Å²) in [5.41, 5.74) is 5.18. The smallest absolute Gasteiger partial charge is 0.211 e. The molecule has 0 aliphatic heterocycles. The van der Waals surface area contributed by atoms with E-state index >= 15 is 0 Å². The molecular weight excluding hydrogens is 393 g/mol. The summed E-state index contributed by atoms with van der Waals surface area (Å²) in [5.74, 6) is -0.256. The van der Waals surface area contributed by atoms with Crippen LogP contribution in [0.1, 0.15) is 18.1 Å². The largest absolute Gasteiger partial charge is 0.315 e. The first-order valence-corrected chi connectivity index (χ1v) is 10.7. The van der Waals surface area contributed by atoms with Crippen molar-refractivity contribution in [1.82, 2.24) is 4.57 Å². The quantitative estimate of drug-likeness (QED) is 0.276. The van der Waals surface area contributed by atoms with Crippen LogP contribution in [0.2, 0.25) is 0 Å². The number of rotatable bonds is 6. The second-order valence-electron chi connectivity index (χ2n) is 6.95. The summed E-state index contributed by atoms with van der Waals surface area (Å²) in [6, 6.07) is 27.1. The maximum Gasteiger partial charge on any atom is 0.211 e. The van der Waals surface area contributed by atoms with E-state index in [1.54, 1.807) is 23.5 Å². The average molecular weight is 416 g/mol. The van der Waals surface area contributed by atoms with Crippen LogP contribution >= 0.6 is 11.3 Å². The van der Waals surface area contributed by atoms with Crippen molar-refractivity contribution in [2.75, 3.05) is 0 Å². The van der Waals surface area contributed by atoms with Gasteiger partial charge in [0.15, 0.2) is 0 Å². The first-order valence-electron chi connectivity index (χ1n) is 9.82. The predicted octanol–water partition coefficient (Wildman–Crippen LogP) is 5.92. The van der Waals surface area contributed by atoms with Crippen LogP contribution in [0, 0.1) is 5.82 Å². The number of halogens is 1. The molecule has 0 aliphatic rings. The van der Waals surface area contributed by atoms with Gasteiger partial charge in [-0.3, -0.25) is 0 Å². The van der Waals surface area contributed by atoms with Gasteiger partial charge in [-0.2, -0.15) is 5.10 Å². The Balaban J connectivity index is 1.69. The van der Waals surface area contributed by atoms with Gasteiger partial charge in [0.05, 0.1) is 11.4 Å². The Morgan fingerprint density at radius 1 is 0.900 bits per heavy atom. The first kappa shape index (κ1) is 20.0. The lowest BCUT2D eigenvalue weighted by Crippen LogP contribution is -2.17. The summed E-state index contributed by atoms with van der Waals surface area (Å²) in [7, 11) is 0. The van der Waals surface area contributed by atoms with Gasteiger partial charge in [0.2, 0.25) is 4.80 Å². The zero-order valence-corrected chi connectivity index (χ0v) is 17.5. The Morgan fingerprint density at radius 3 is 2.27 bits per heavy atom. The molecular formula is C25H22FN3S. The van der Waals surface area contributed by atoms with Crippen LogP contribution in [-0.2, 0) is 13.0 Å². The van der Waals surface area contributed by atoms with Crippen molar-refractivity contribution in [1.29, 1.82) is 0 Å². The van der Waals surface area contributed by atoms with Crippen molar-refractivity contribution in [2.45, 2.75) is 19.9 Å². The lowest BCUT2D eigenvalue weighted by Gasteiger charge is -2.09. The van der Waals surface area contributed by atoms with E-state index in [2.05, 4.69) is 56.5 Å². The monoisotopic (exact) mass is 415 g/mol. The normalized spacial score (nSPS) is 12.3. The number of thiazole rings is 1. The SMILES string of the molecule is CC(=NN=c1scc(-c2ccccc2)n1CCc1ccccc1)c1ccc(F)cc1. The molecule has 0 bridgehead atoms. The predicted molar refractivity (Wildman–Crippen MR) is 122 cm³/mol. The van der Waals surface area contributed by atoms with Crippen molar-refractivity contribution in [2.24, 2.45) is 10.2 Å². The molecule has 150 valence electrons. The minimum Gasteiger partial charge on any atom is -0.315 e. The molecule has 0 fully saturated rings. The number of benzene rings is 3. The summed E-state index contributed by atoms with van der Waals surface area (Å²) in [6.07, 6.45) is 0.908. The Morgan fingerprint density at radius 2 is 1.57 bits per heavy atom. The summed E-state index contributed by atoms with van der Waals surface area (Å²) >= 11 is 1.57. The van der Waals surface area contributed by atoms with Gasteiger partial charge in [0.1, 0.15) is 5.82 Å². The van der Waals surface area contributed by atoms with E-state index in [9.17, 15) is 4.39 Å². The van der Waals surface area contributed by atoms with Crippen molar-refractivity contribution < 1.29 is 4.39 Å². The van der Waals surface area contributed by atoms with Crippen LogP contribution < -0.4 is 4.80 Å². The first-order chi connectivity index (χ1) is 14.7. The van der Waals surface area contributed by atoms with E-state index in [1.165, 1.54) is 17.7 Å². The lowest BCUT2D eigenvalue weighted by atomic mass is 10.1. The van der Waals surface area contributed by atoms with Crippen molar-refractivity contribution >= 4 is 17.0 Å². The van der Waals surface area contributed by atoms with E-state index in [1.807, 2.05) is 31.2 Å². The maximum absolute atomic E-state index is 13.2. The summed E-state index contributed by atoms with van der Waals surface area (Å²) < 4.78 is 15.4. The number of aromatic nitrogens is 1. The van der Waals surface area contributed by atoms with Crippen molar-refractivity contribution in [3.8, 4) is 11.3 Å². The molecule has 0 saturated carbocycles. The van der Waals surface area contributed by atoms with Gasteiger partial charge in [-0.1, -0.05) is 72.8 Å². The highest BCUT2D eigenvalue weighted by Gasteiger charge is 2.08. The summed E-state index contributed by atoms with van der Waals surface area (Å²) in [5, 5.41) is 11.1. The highest BCUT2D eigenvalue weighted by molar-refractivity contribution is 7.07. The Kier molecular flexibility index (Phi) is 6.30. The average Bonchev–Trinajstić information content (AvgIpc) is 3.20. The molecule has 0 N–H and O–H groups in total. The molecule has 3 aromatic carbocycles. The van der Waals surface area contributed by atoms with Gasteiger partial charge in [-0.05, 0) is 42.2 Å². The molecule has 4 aromatic rings. The maximum atomic E-state index is 13.2. The van der Waals surface area contributed by atoms with E-state index in [4.69, 9.17) is 0 Å². The lowest BCUT2D eigenvalue weighted by molar-refractivity contribution is 0.628. The molecule has 0 atom stereocenters. The summed E-state index contributed by atoms with van der Waals surface area (Å²) in [4.78, 5) is 0.839. The topological polar surface area (TPSA) is 29.6 Å². The second-order valence-corrected chi connectivity index (χ2v) is 7.79. The van der Waals surface area contributed by atoms with Crippen molar-refractivity contribution in [3.63, 3.8) is 0 Å². The van der Waals surface area contributed by atoms with Crippen molar-refractivity contribution in [3.05, 3.63) is 112 Å². The van der Waals surface area contributed by atoms with Gasteiger partial charge >= 0.3 is 0 Å². The number of aryl methyl sites for hydroxylation is 1. The highest BCUT2D eigenvalue weighted by Crippen LogP contribution is 2.20. The second kappa shape index (κ2) is 9.46. The Bertz CT molecular complexity index is 1190. The van der Waals surface area contributed by atoms with Crippen LogP contribution in [0.15, 0.2) is 101 Å². The fourth-order valence-electron chi connectivity index (χ4n) is 3.22. The molecule has 0 saturated heterocycles. The van der Waals surface area contributed by atoms with Gasteiger partial charge in [0.25, 0.3) is 0 Å². The fraction of sp³-hybridized carbons (Fsp3) is 0.120. The highest BCUT2D eigenvalue weighted by atomic mass is 32.1. The molecule has 30 heavy (non-hydrogen) atoms. The van der Waals surface area contributed by atoms with Crippen LogP contribution in [0.4, 0.5) is 4.39 Å². The number of nitrogens with zero attached hydrogens (tertiary/aromatic N) is 3. The van der Waals surface area contributed by atoms with E-state index < -0.39 is 0 Å². The van der Waals surface area contributed by atoms with Gasteiger partial charge < -0.3 is 4.57 Å². The molecule has 0 unspecified atom stereocenters. The molecule has 0 spiro atoms. The zero-order chi connectivity index (χ0) is 20.8. The van der Waals surface area contributed by atoms with Gasteiger partial charge in [-0.25, -0.2) is 4.39 Å². The molecule has 0 amide bonds. The van der Waals surface area contributed by atoms with Crippen LogP contribution in [0.5, 0.6) is 0 Å². The fourth-order valence-corrected chi connectivity index (χ4v) is 4.10. The minimum atomic E-state index is -0.256. The Hall–Kier alpha value is -3.31. The van der Waals surface area contributed by atoms with Crippen LogP contribution in [0.3, 0.4) is 0 Å². The molecule has 3 nitrogen and oxygen atoms in total. The molecule has 0 aliphatic carbocycles. The molecule has 5 heteroatoms. The number of hydrogen-bond donors (Lipinski definition) is 0. The molecule has 0 radical (unpaired) electrons. The molecule has 1 aromatic heterocycles. The van der Waals surface area contributed by atoms with Gasteiger partial charge in [-0.15, -0.1) is 16.4 Å². The van der Waals surface area contributed by atoms with E-state index in [0.717, 1.165) is 40.3 Å². The molecule has 1 heterocycles. The minimum absolute atomic E-state index is 0.256. The standard InChI is InChI=1S/C25H22FN3S/c1-19(21-12-14-23(26)15-13-21)27-28-25-29(17-16-20-8-4-2-5-9-20)24(18-30-25)22-10-6-3-7-11-22/h2-15,18H,16-17H2,1H3. The Labute approximate surface area is 179 Å². The van der Waals surface area contributed by atoms with E-state index in [-0.39, 0.29) is 5.82 Å². The van der Waals surface area contributed by atoms with E-state index in [0.29, 0.717) is 0 Å². The summed E-state index contributed by atoms with van der Waals surface area (Å²) in [6.45, 7) is 2.69. The molecule has 4 rings (SSSR count). The van der Waals surface area contributed by atoms with Crippen LogP contribution in [0.25, 0.3) is 11.3 Å². The number of hydrogen-bond acceptors (Lipinski definition) is 3. The van der Waals surface area contributed by atoms with Gasteiger partial charge in [0, 0.05) is 11.9 Å². The van der Waals surface area contributed by atoms with Crippen LogP contribution in [-0.4, -0.2) is 10.3 Å². The third-order valence-electron chi connectivity index (χ3n) is 4.88. The third-order valence-corrected chi connectivity index (χ3v) is 5.74. The third kappa shape index (κ3) is 4.81.